The first-order valence-electron chi connectivity index (χ1n) is 10.1. The summed E-state index contributed by atoms with van der Waals surface area (Å²) < 4.78 is 1.90. The highest BCUT2D eigenvalue weighted by atomic mass is 16.1. The second-order valence-electron chi connectivity index (χ2n) is 7.79. The lowest BCUT2D eigenvalue weighted by Crippen LogP contribution is -2.45. The Morgan fingerprint density at radius 3 is 2.54 bits per heavy atom. The number of aromatic nitrogens is 4. The van der Waals surface area contributed by atoms with E-state index in [-0.39, 0.29) is 11.9 Å². The van der Waals surface area contributed by atoms with Gasteiger partial charge in [0.1, 0.15) is 5.82 Å². The summed E-state index contributed by atoms with van der Waals surface area (Å²) in [6.45, 7) is 1.77. The van der Waals surface area contributed by atoms with Gasteiger partial charge in [0.15, 0.2) is 11.5 Å². The van der Waals surface area contributed by atoms with E-state index in [1.54, 1.807) is 0 Å². The fraction of sp³-hybridized carbons (Fsp3) is 0.429. The van der Waals surface area contributed by atoms with Gasteiger partial charge >= 0.3 is 0 Å². The molecule has 2 fully saturated rings. The number of nitrogens with one attached hydrogen (secondary N) is 1. The van der Waals surface area contributed by atoms with E-state index < -0.39 is 0 Å². The topological polar surface area (TPSA) is 75.4 Å². The maximum absolute atomic E-state index is 12.3. The monoisotopic (exact) mass is 376 g/mol. The van der Waals surface area contributed by atoms with Gasteiger partial charge in [0.2, 0.25) is 5.91 Å². The van der Waals surface area contributed by atoms with Crippen LogP contribution in [0.25, 0.3) is 5.65 Å². The van der Waals surface area contributed by atoms with Crippen LogP contribution in [-0.4, -0.2) is 44.8 Å². The predicted molar refractivity (Wildman–Crippen MR) is 106 cm³/mol. The molecular formula is C21H24N6O. The second-order valence-corrected chi connectivity index (χ2v) is 7.79. The maximum Gasteiger partial charge on any atom is 0.224 e. The molecule has 1 aliphatic carbocycles. The minimum Gasteiger partial charge on any atom is -0.355 e. The Morgan fingerprint density at radius 2 is 1.79 bits per heavy atom. The molecule has 3 aromatic rings. The van der Waals surface area contributed by atoms with Gasteiger partial charge in [0.25, 0.3) is 0 Å². The number of hydrogen-bond donors (Lipinski definition) is 1. The molecule has 28 heavy (non-hydrogen) atoms. The van der Waals surface area contributed by atoms with Gasteiger partial charge in [0, 0.05) is 25.0 Å². The molecular weight excluding hydrogens is 352 g/mol. The van der Waals surface area contributed by atoms with Crippen LogP contribution >= 0.6 is 0 Å². The fourth-order valence-corrected chi connectivity index (χ4v) is 3.87. The Morgan fingerprint density at radius 1 is 1.00 bits per heavy atom. The highest BCUT2D eigenvalue weighted by Gasteiger charge is 2.29. The van der Waals surface area contributed by atoms with Gasteiger partial charge in [0.05, 0.1) is 6.42 Å². The average Bonchev–Trinajstić information content (AvgIpc) is 3.48. The van der Waals surface area contributed by atoms with Gasteiger partial charge < -0.3 is 10.2 Å². The van der Waals surface area contributed by atoms with E-state index in [0.29, 0.717) is 12.3 Å². The van der Waals surface area contributed by atoms with Gasteiger partial charge in [-0.15, -0.1) is 15.3 Å². The summed E-state index contributed by atoms with van der Waals surface area (Å²) in [6.07, 6.45) is 4.66. The van der Waals surface area contributed by atoms with Crippen molar-refractivity contribution in [3.63, 3.8) is 0 Å². The molecule has 2 aliphatic rings. The van der Waals surface area contributed by atoms with Gasteiger partial charge in [-0.05, 0) is 43.4 Å². The van der Waals surface area contributed by atoms with E-state index in [1.807, 2.05) is 47.0 Å². The van der Waals surface area contributed by atoms with Crippen molar-refractivity contribution in [2.75, 3.05) is 18.0 Å². The van der Waals surface area contributed by atoms with Crippen LogP contribution in [0.1, 0.15) is 43.0 Å². The second kappa shape index (κ2) is 7.22. The summed E-state index contributed by atoms with van der Waals surface area (Å²) in [5, 5.41) is 16.5. The Bertz CT molecular complexity index is 973. The summed E-state index contributed by atoms with van der Waals surface area (Å²) in [5.41, 5.74) is 1.86. The molecule has 144 valence electrons. The van der Waals surface area contributed by atoms with Crippen LogP contribution in [0.5, 0.6) is 0 Å². The molecule has 0 spiro atoms. The molecule has 1 N–H and O–H groups in total. The lowest BCUT2D eigenvalue weighted by Gasteiger charge is -2.33. The molecule has 2 aromatic heterocycles. The minimum absolute atomic E-state index is 0.0998. The third kappa shape index (κ3) is 3.56. The van der Waals surface area contributed by atoms with Crippen LogP contribution < -0.4 is 10.2 Å². The van der Waals surface area contributed by atoms with Crippen molar-refractivity contribution < 1.29 is 4.79 Å². The molecule has 7 heteroatoms. The van der Waals surface area contributed by atoms with Crippen LogP contribution in [0.15, 0.2) is 42.5 Å². The van der Waals surface area contributed by atoms with Gasteiger partial charge in [-0.1, -0.05) is 30.3 Å². The zero-order chi connectivity index (χ0) is 18.9. The largest absolute Gasteiger partial charge is 0.355 e. The van der Waals surface area contributed by atoms with E-state index in [9.17, 15) is 4.79 Å². The van der Waals surface area contributed by atoms with Gasteiger partial charge in [-0.2, -0.15) is 4.52 Å². The normalized spacial score (nSPS) is 17.8. The minimum atomic E-state index is 0.0998. The average molecular weight is 376 g/mol. The molecule has 3 heterocycles. The van der Waals surface area contributed by atoms with Crippen LogP contribution in [0.4, 0.5) is 5.82 Å². The van der Waals surface area contributed by atoms with E-state index in [0.717, 1.165) is 48.8 Å². The van der Waals surface area contributed by atoms with E-state index in [2.05, 4.69) is 20.4 Å². The molecule has 1 saturated heterocycles. The lowest BCUT2D eigenvalue weighted by molar-refractivity contribution is -0.121. The Hall–Kier alpha value is -2.96. The smallest absolute Gasteiger partial charge is 0.224 e. The number of carbonyl (C=O) groups is 1. The van der Waals surface area contributed by atoms with Crippen LogP contribution in [0.2, 0.25) is 0 Å². The quantitative estimate of drug-likeness (QED) is 0.740. The standard InChI is InChI=1S/C21H24N6O/c28-20(14-15-4-2-1-3-5-15)22-17-10-12-26(13-11-17)19-9-8-18-23-24-21(16-6-7-16)27(18)25-19/h1-5,8-9,16-17H,6-7,10-14H2,(H,22,28). The van der Waals surface area contributed by atoms with Crippen molar-refractivity contribution in [2.45, 2.75) is 44.1 Å². The molecule has 0 atom stereocenters. The highest BCUT2D eigenvalue weighted by molar-refractivity contribution is 5.78. The molecule has 1 aliphatic heterocycles. The summed E-state index contributed by atoms with van der Waals surface area (Å²) in [7, 11) is 0. The first-order valence-corrected chi connectivity index (χ1v) is 10.1. The zero-order valence-corrected chi connectivity index (χ0v) is 15.8. The predicted octanol–water partition coefficient (Wildman–Crippen LogP) is 2.33. The van der Waals surface area contributed by atoms with E-state index in [4.69, 9.17) is 5.10 Å². The van der Waals surface area contributed by atoms with Gasteiger partial charge in [-0.25, -0.2) is 0 Å². The summed E-state index contributed by atoms with van der Waals surface area (Å²) in [6, 6.07) is 14.1. The SMILES string of the molecule is O=C(Cc1ccccc1)NC1CCN(c2ccc3nnc(C4CC4)n3n2)CC1. The summed E-state index contributed by atoms with van der Waals surface area (Å²) in [4.78, 5) is 14.6. The van der Waals surface area contributed by atoms with E-state index in [1.165, 1.54) is 12.8 Å². The lowest BCUT2D eigenvalue weighted by atomic mass is 10.0. The van der Waals surface area contributed by atoms with Crippen molar-refractivity contribution in [3.05, 3.63) is 53.9 Å². The number of nitrogens with zero attached hydrogens (tertiary/aromatic N) is 5. The number of rotatable bonds is 5. The number of benzene rings is 1. The molecule has 1 amide bonds. The first kappa shape index (κ1) is 17.2. The first-order chi connectivity index (χ1) is 13.8. The number of anilines is 1. The number of piperidine rings is 1. The van der Waals surface area contributed by atoms with Crippen LogP contribution in [0, 0.1) is 0 Å². The Labute approximate surface area is 163 Å². The molecule has 0 unspecified atom stereocenters. The number of amides is 1. The maximum atomic E-state index is 12.3. The summed E-state index contributed by atoms with van der Waals surface area (Å²) in [5.74, 6) is 2.56. The molecule has 7 nitrogen and oxygen atoms in total. The highest BCUT2D eigenvalue weighted by Crippen LogP contribution is 2.38. The molecule has 1 saturated carbocycles. The Kier molecular flexibility index (Phi) is 4.43. The van der Waals surface area contributed by atoms with Gasteiger partial charge in [-0.3, -0.25) is 4.79 Å². The van der Waals surface area contributed by atoms with Crippen molar-refractivity contribution in [3.8, 4) is 0 Å². The third-order valence-electron chi connectivity index (χ3n) is 5.61. The van der Waals surface area contributed by atoms with E-state index >= 15 is 0 Å². The van der Waals surface area contributed by atoms with Crippen molar-refractivity contribution in [1.29, 1.82) is 0 Å². The van der Waals surface area contributed by atoms with Crippen molar-refractivity contribution in [2.24, 2.45) is 0 Å². The van der Waals surface area contributed by atoms with Crippen molar-refractivity contribution >= 4 is 17.4 Å². The zero-order valence-electron chi connectivity index (χ0n) is 15.8. The number of carbonyl (C=O) groups excluding carboxylic acids is 1. The number of fused-ring (bicyclic) bond motifs is 1. The van der Waals surface area contributed by atoms with Crippen LogP contribution in [0.3, 0.4) is 0 Å². The van der Waals surface area contributed by atoms with Crippen LogP contribution in [-0.2, 0) is 11.2 Å². The Balaban J connectivity index is 1.19. The third-order valence-corrected chi connectivity index (χ3v) is 5.61. The summed E-state index contributed by atoms with van der Waals surface area (Å²) >= 11 is 0. The fourth-order valence-electron chi connectivity index (χ4n) is 3.87. The molecule has 0 radical (unpaired) electrons. The molecule has 1 aromatic carbocycles. The molecule has 0 bridgehead atoms. The van der Waals surface area contributed by atoms with Crippen molar-refractivity contribution in [1.82, 2.24) is 25.1 Å². The number of hydrogen-bond acceptors (Lipinski definition) is 5. The molecule has 5 rings (SSSR count).